The van der Waals surface area contributed by atoms with Gasteiger partial charge in [-0.25, -0.2) is 4.79 Å². The van der Waals surface area contributed by atoms with Crippen LogP contribution in [0.15, 0.2) is 0 Å². The normalized spacial score (nSPS) is 26.9. The lowest BCUT2D eigenvalue weighted by Crippen LogP contribution is -2.44. The highest BCUT2D eigenvalue weighted by atomic mass is 16.4. The molecule has 1 rings (SSSR count). The fourth-order valence-electron chi connectivity index (χ4n) is 2.12. The van der Waals surface area contributed by atoms with Crippen LogP contribution in [0.25, 0.3) is 0 Å². The molecule has 14 heavy (non-hydrogen) atoms. The maximum absolute atomic E-state index is 11.0. The fourth-order valence-corrected chi connectivity index (χ4v) is 2.12. The molecule has 4 heteroatoms. The smallest absolute Gasteiger partial charge is 0.394 e. The minimum absolute atomic E-state index is 0.0670. The number of aliphatic carboxylic acids is 1. The predicted octanol–water partition coefficient (Wildman–Crippen LogP) is 1.16. The Bertz CT molecular complexity index is 227. The Balaban J connectivity index is 2.48. The average molecular weight is 199 g/mol. The largest absolute Gasteiger partial charge is 0.474 e. The maximum Gasteiger partial charge on any atom is 0.394 e. The third-order valence-electron chi connectivity index (χ3n) is 2.94. The van der Waals surface area contributed by atoms with Crippen LogP contribution in [-0.2, 0) is 9.59 Å². The molecule has 0 aliphatic heterocycles. The summed E-state index contributed by atoms with van der Waals surface area (Å²) < 4.78 is 0. The standard InChI is InChI=1S/C10H17NO3/c1-2-7-5-3-4-6-8(7)11-9(12)10(13)14/h7-8H,2-6H2,1H3,(H,11,12)(H,13,14). The number of carbonyl (C=O) groups excluding carboxylic acids is 1. The second-order valence-corrected chi connectivity index (χ2v) is 3.84. The molecule has 2 atom stereocenters. The number of rotatable bonds is 2. The monoisotopic (exact) mass is 199 g/mol. The van der Waals surface area contributed by atoms with E-state index in [0.717, 1.165) is 25.7 Å². The minimum atomic E-state index is -1.38. The summed E-state index contributed by atoms with van der Waals surface area (Å²) in [6.07, 6.45) is 5.29. The van der Waals surface area contributed by atoms with Crippen molar-refractivity contribution in [3.63, 3.8) is 0 Å². The van der Waals surface area contributed by atoms with E-state index >= 15 is 0 Å². The number of nitrogens with one attached hydrogen (secondary N) is 1. The summed E-state index contributed by atoms with van der Waals surface area (Å²) in [6.45, 7) is 2.08. The van der Waals surface area contributed by atoms with Gasteiger partial charge in [0.15, 0.2) is 0 Å². The van der Waals surface area contributed by atoms with Gasteiger partial charge in [-0.3, -0.25) is 4.79 Å². The summed E-state index contributed by atoms with van der Waals surface area (Å²) in [5.74, 6) is -1.80. The van der Waals surface area contributed by atoms with Gasteiger partial charge in [0.25, 0.3) is 0 Å². The van der Waals surface area contributed by atoms with Crippen molar-refractivity contribution in [3.8, 4) is 0 Å². The van der Waals surface area contributed by atoms with Gasteiger partial charge in [-0.2, -0.15) is 0 Å². The Morgan fingerprint density at radius 1 is 1.36 bits per heavy atom. The molecule has 0 spiro atoms. The van der Waals surface area contributed by atoms with Crippen molar-refractivity contribution < 1.29 is 14.7 Å². The van der Waals surface area contributed by atoms with Gasteiger partial charge in [0.2, 0.25) is 0 Å². The van der Waals surface area contributed by atoms with Crippen LogP contribution in [0.3, 0.4) is 0 Å². The molecule has 80 valence electrons. The number of carboxylic acids is 1. The van der Waals surface area contributed by atoms with Gasteiger partial charge in [-0.15, -0.1) is 0 Å². The third kappa shape index (κ3) is 2.72. The molecule has 2 unspecified atom stereocenters. The van der Waals surface area contributed by atoms with Gasteiger partial charge in [0.1, 0.15) is 0 Å². The molecule has 1 fully saturated rings. The van der Waals surface area contributed by atoms with Gasteiger partial charge in [-0.1, -0.05) is 26.2 Å². The molecule has 0 bridgehead atoms. The number of carboxylic acid groups (broad SMARTS) is 1. The molecule has 1 saturated carbocycles. The Labute approximate surface area is 83.7 Å². The van der Waals surface area contributed by atoms with Gasteiger partial charge >= 0.3 is 11.9 Å². The molecule has 1 aliphatic carbocycles. The van der Waals surface area contributed by atoms with Crippen molar-refractivity contribution in [3.05, 3.63) is 0 Å². The van der Waals surface area contributed by atoms with Crippen LogP contribution < -0.4 is 5.32 Å². The van der Waals surface area contributed by atoms with Crippen LogP contribution in [0, 0.1) is 5.92 Å². The highest BCUT2D eigenvalue weighted by Crippen LogP contribution is 2.26. The second kappa shape index (κ2) is 4.98. The van der Waals surface area contributed by atoms with Crippen LogP contribution in [0.2, 0.25) is 0 Å². The molecule has 0 aromatic heterocycles. The van der Waals surface area contributed by atoms with Crippen molar-refractivity contribution in [1.29, 1.82) is 0 Å². The van der Waals surface area contributed by atoms with E-state index in [1.807, 2.05) is 0 Å². The zero-order valence-corrected chi connectivity index (χ0v) is 8.45. The van der Waals surface area contributed by atoms with E-state index in [2.05, 4.69) is 12.2 Å². The molecule has 0 aromatic carbocycles. The van der Waals surface area contributed by atoms with Gasteiger partial charge in [0.05, 0.1) is 0 Å². The summed E-state index contributed by atoms with van der Waals surface area (Å²) in [4.78, 5) is 21.3. The lowest BCUT2D eigenvalue weighted by molar-refractivity contribution is -0.150. The summed E-state index contributed by atoms with van der Waals surface area (Å²) in [7, 11) is 0. The third-order valence-corrected chi connectivity index (χ3v) is 2.94. The Kier molecular flexibility index (Phi) is 3.92. The van der Waals surface area contributed by atoms with Crippen LogP contribution in [0.5, 0.6) is 0 Å². The van der Waals surface area contributed by atoms with Crippen molar-refractivity contribution in [2.24, 2.45) is 5.92 Å². The van der Waals surface area contributed by atoms with E-state index < -0.39 is 11.9 Å². The van der Waals surface area contributed by atoms with Crippen molar-refractivity contribution >= 4 is 11.9 Å². The first-order valence-electron chi connectivity index (χ1n) is 5.19. The quantitative estimate of drug-likeness (QED) is 0.656. The number of hydrogen-bond donors (Lipinski definition) is 2. The first-order chi connectivity index (χ1) is 6.65. The zero-order chi connectivity index (χ0) is 10.6. The molecule has 1 amide bonds. The predicted molar refractivity (Wildman–Crippen MR) is 51.8 cm³/mol. The van der Waals surface area contributed by atoms with Crippen LogP contribution in [0.4, 0.5) is 0 Å². The molecule has 0 saturated heterocycles. The molecule has 1 aliphatic rings. The minimum Gasteiger partial charge on any atom is -0.474 e. The molecular weight excluding hydrogens is 182 g/mol. The van der Waals surface area contributed by atoms with Gasteiger partial charge < -0.3 is 10.4 Å². The maximum atomic E-state index is 11.0. The fraction of sp³-hybridized carbons (Fsp3) is 0.800. The van der Waals surface area contributed by atoms with E-state index in [4.69, 9.17) is 5.11 Å². The SMILES string of the molecule is CCC1CCCCC1NC(=O)C(=O)O. The van der Waals surface area contributed by atoms with E-state index in [0.29, 0.717) is 5.92 Å². The van der Waals surface area contributed by atoms with Crippen molar-refractivity contribution in [2.75, 3.05) is 0 Å². The van der Waals surface area contributed by atoms with E-state index in [-0.39, 0.29) is 6.04 Å². The molecule has 4 nitrogen and oxygen atoms in total. The Morgan fingerprint density at radius 3 is 2.57 bits per heavy atom. The topological polar surface area (TPSA) is 66.4 Å². The molecule has 2 N–H and O–H groups in total. The van der Waals surface area contributed by atoms with E-state index in [9.17, 15) is 9.59 Å². The van der Waals surface area contributed by atoms with Crippen molar-refractivity contribution in [1.82, 2.24) is 5.32 Å². The highest BCUT2D eigenvalue weighted by molar-refractivity contribution is 6.31. The van der Waals surface area contributed by atoms with E-state index in [1.54, 1.807) is 0 Å². The van der Waals surface area contributed by atoms with Crippen LogP contribution >= 0.6 is 0 Å². The lowest BCUT2D eigenvalue weighted by atomic mass is 9.83. The Hall–Kier alpha value is -1.06. The van der Waals surface area contributed by atoms with Gasteiger partial charge in [-0.05, 0) is 18.8 Å². The molecule has 0 aromatic rings. The number of carbonyl (C=O) groups is 2. The van der Waals surface area contributed by atoms with E-state index in [1.165, 1.54) is 6.42 Å². The lowest BCUT2D eigenvalue weighted by Gasteiger charge is -2.30. The zero-order valence-electron chi connectivity index (χ0n) is 8.45. The average Bonchev–Trinajstić information content (AvgIpc) is 2.18. The Morgan fingerprint density at radius 2 is 2.00 bits per heavy atom. The van der Waals surface area contributed by atoms with Crippen molar-refractivity contribution in [2.45, 2.75) is 45.1 Å². The first-order valence-corrected chi connectivity index (χ1v) is 5.19. The summed E-state index contributed by atoms with van der Waals surface area (Å²) in [5, 5.41) is 11.0. The number of amides is 1. The first kappa shape index (κ1) is 11.0. The molecule has 0 radical (unpaired) electrons. The molecule has 0 heterocycles. The summed E-state index contributed by atoms with van der Waals surface area (Å²) >= 11 is 0. The van der Waals surface area contributed by atoms with Crippen LogP contribution in [-0.4, -0.2) is 23.0 Å². The summed E-state index contributed by atoms with van der Waals surface area (Å²) in [5.41, 5.74) is 0. The highest BCUT2D eigenvalue weighted by Gasteiger charge is 2.26. The summed E-state index contributed by atoms with van der Waals surface area (Å²) in [6, 6.07) is 0.0670. The molecular formula is C10H17NO3. The van der Waals surface area contributed by atoms with Gasteiger partial charge in [0, 0.05) is 6.04 Å². The second-order valence-electron chi connectivity index (χ2n) is 3.84. The number of hydrogen-bond acceptors (Lipinski definition) is 2. The van der Waals surface area contributed by atoms with Crippen LogP contribution in [0.1, 0.15) is 39.0 Å².